The fourth-order valence-electron chi connectivity index (χ4n) is 2.18. The van der Waals surface area contributed by atoms with Crippen molar-refractivity contribution in [1.29, 1.82) is 0 Å². The first-order valence-corrected chi connectivity index (χ1v) is 9.54. The Kier molecular flexibility index (Phi) is 6.24. The number of hydrogen-bond acceptors (Lipinski definition) is 3. The predicted octanol–water partition coefficient (Wildman–Crippen LogP) is 4.87. The van der Waals surface area contributed by atoms with Gasteiger partial charge in [-0.25, -0.2) is 5.43 Å². The minimum atomic E-state index is -0.389. The maximum absolute atomic E-state index is 12.3. The van der Waals surface area contributed by atoms with Crippen LogP contribution in [0.5, 0.6) is 0 Å². The molecular formula is C18H13Br2ClN4O. The van der Waals surface area contributed by atoms with Crippen LogP contribution >= 0.6 is 43.5 Å². The van der Waals surface area contributed by atoms with Crippen molar-refractivity contribution in [3.8, 4) is 0 Å². The summed E-state index contributed by atoms with van der Waals surface area (Å²) in [5.41, 5.74) is 4.66. The lowest BCUT2D eigenvalue weighted by atomic mass is 10.2. The summed E-state index contributed by atoms with van der Waals surface area (Å²) in [6, 6.07) is 15.0. The van der Waals surface area contributed by atoms with Gasteiger partial charge in [0.15, 0.2) is 5.69 Å². The van der Waals surface area contributed by atoms with E-state index in [9.17, 15) is 4.79 Å². The van der Waals surface area contributed by atoms with Crippen LogP contribution in [-0.2, 0) is 6.54 Å². The second kappa shape index (κ2) is 8.62. The highest BCUT2D eigenvalue weighted by molar-refractivity contribution is 9.10. The molecule has 0 radical (unpaired) electrons. The smallest absolute Gasteiger partial charge is 0.266 e. The molecule has 3 rings (SSSR count). The molecule has 3 aromatic rings. The van der Waals surface area contributed by atoms with E-state index in [0.717, 1.165) is 15.6 Å². The lowest BCUT2D eigenvalue weighted by Gasteiger charge is -2.01. The van der Waals surface area contributed by atoms with E-state index in [1.54, 1.807) is 17.1 Å². The van der Waals surface area contributed by atoms with Gasteiger partial charge in [0.05, 0.1) is 17.2 Å². The number of halogens is 3. The number of nitrogens with one attached hydrogen (secondary N) is 1. The Morgan fingerprint density at radius 3 is 2.54 bits per heavy atom. The molecule has 0 spiro atoms. The maximum atomic E-state index is 12.3. The average molecular weight is 497 g/mol. The summed E-state index contributed by atoms with van der Waals surface area (Å²) in [6.45, 7) is 0.533. The molecule has 132 valence electrons. The summed E-state index contributed by atoms with van der Waals surface area (Å²) in [6.07, 6.45) is 3.32. The summed E-state index contributed by atoms with van der Waals surface area (Å²) >= 11 is 12.6. The quantitative estimate of drug-likeness (QED) is 0.405. The number of rotatable bonds is 5. The Morgan fingerprint density at radius 2 is 1.85 bits per heavy atom. The van der Waals surface area contributed by atoms with E-state index < -0.39 is 0 Å². The number of benzene rings is 2. The average Bonchev–Trinajstić information content (AvgIpc) is 2.99. The normalized spacial score (nSPS) is 11.0. The molecule has 1 heterocycles. The largest absolute Gasteiger partial charge is 0.293 e. The van der Waals surface area contributed by atoms with E-state index in [1.807, 2.05) is 48.5 Å². The molecule has 0 unspecified atom stereocenters. The van der Waals surface area contributed by atoms with Crippen molar-refractivity contribution in [1.82, 2.24) is 15.2 Å². The van der Waals surface area contributed by atoms with Crippen LogP contribution in [0.1, 0.15) is 21.6 Å². The van der Waals surface area contributed by atoms with Crippen molar-refractivity contribution < 1.29 is 4.79 Å². The molecule has 2 aromatic carbocycles. The highest BCUT2D eigenvalue weighted by Crippen LogP contribution is 2.17. The monoisotopic (exact) mass is 494 g/mol. The molecule has 1 N–H and O–H groups in total. The van der Waals surface area contributed by atoms with Gasteiger partial charge in [-0.2, -0.15) is 10.2 Å². The maximum Gasteiger partial charge on any atom is 0.293 e. The SMILES string of the molecule is O=C(N/N=C\c1ccc(Br)cc1)c1nn(Cc2ccc(Cl)cc2)cc1Br. The van der Waals surface area contributed by atoms with Gasteiger partial charge in [-0.3, -0.25) is 9.48 Å². The summed E-state index contributed by atoms with van der Waals surface area (Å²) in [5, 5.41) is 8.96. The van der Waals surface area contributed by atoms with Gasteiger partial charge < -0.3 is 0 Å². The zero-order valence-corrected chi connectivity index (χ0v) is 17.3. The van der Waals surface area contributed by atoms with Gasteiger partial charge in [0.1, 0.15) is 0 Å². The highest BCUT2D eigenvalue weighted by atomic mass is 79.9. The van der Waals surface area contributed by atoms with Crippen LogP contribution in [0.2, 0.25) is 5.02 Å². The van der Waals surface area contributed by atoms with Crippen molar-refractivity contribution >= 4 is 55.6 Å². The van der Waals surface area contributed by atoms with Gasteiger partial charge in [0.25, 0.3) is 5.91 Å². The van der Waals surface area contributed by atoms with Crippen LogP contribution in [0.3, 0.4) is 0 Å². The highest BCUT2D eigenvalue weighted by Gasteiger charge is 2.14. The molecule has 26 heavy (non-hydrogen) atoms. The minimum absolute atomic E-state index is 0.270. The van der Waals surface area contributed by atoms with E-state index >= 15 is 0 Å². The van der Waals surface area contributed by atoms with Crippen molar-refractivity contribution in [2.75, 3.05) is 0 Å². The second-order valence-electron chi connectivity index (χ2n) is 5.40. The van der Waals surface area contributed by atoms with Crippen LogP contribution in [0.15, 0.2) is 68.8 Å². The minimum Gasteiger partial charge on any atom is -0.266 e. The topological polar surface area (TPSA) is 59.3 Å². The van der Waals surface area contributed by atoms with Gasteiger partial charge in [0, 0.05) is 15.7 Å². The number of carbonyl (C=O) groups excluding carboxylic acids is 1. The molecule has 1 aromatic heterocycles. The van der Waals surface area contributed by atoms with Crippen LogP contribution in [0.4, 0.5) is 0 Å². The second-order valence-corrected chi connectivity index (χ2v) is 7.61. The first-order chi connectivity index (χ1) is 12.5. The van der Waals surface area contributed by atoms with E-state index in [1.165, 1.54) is 0 Å². The summed E-state index contributed by atoms with van der Waals surface area (Å²) in [7, 11) is 0. The van der Waals surface area contributed by atoms with E-state index in [0.29, 0.717) is 16.0 Å². The first kappa shape index (κ1) is 18.8. The van der Waals surface area contributed by atoms with Crippen LogP contribution in [-0.4, -0.2) is 21.9 Å². The Labute approximate surface area is 172 Å². The van der Waals surface area contributed by atoms with E-state index in [-0.39, 0.29) is 11.6 Å². The van der Waals surface area contributed by atoms with Gasteiger partial charge in [0.2, 0.25) is 0 Å². The van der Waals surface area contributed by atoms with Gasteiger partial charge in [-0.1, -0.05) is 51.8 Å². The molecule has 0 saturated carbocycles. The van der Waals surface area contributed by atoms with E-state index in [2.05, 4.69) is 47.5 Å². The number of amides is 1. The number of carbonyl (C=O) groups is 1. The molecule has 0 aliphatic heterocycles. The lowest BCUT2D eigenvalue weighted by molar-refractivity contribution is 0.0948. The molecule has 0 aliphatic rings. The number of hydrogen-bond donors (Lipinski definition) is 1. The first-order valence-electron chi connectivity index (χ1n) is 7.57. The van der Waals surface area contributed by atoms with Gasteiger partial charge >= 0.3 is 0 Å². The fourth-order valence-corrected chi connectivity index (χ4v) is 3.06. The zero-order valence-electron chi connectivity index (χ0n) is 13.4. The van der Waals surface area contributed by atoms with Crippen molar-refractivity contribution in [2.45, 2.75) is 6.54 Å². The number of nitrogens with zero attached hydrogens (tertiary/aromatic N) is 3. The fraction of sp³-hybridized carbons (Fsp3) is 0.0556. The van der Waals surface area contributed by atoms with E-state index in [4.69, 9.17) is 11.6 Å². The van der Waals surface area contributed by atoms with Gasteiger partial charge in [-0.05, 0) is 51.3 Å². The molecule has 8 heteroatoms. The third kappa shape index (κ3) is 5.03. The van der Waals surface area contributed by atoms with Crippen molar-refractivity contribution in [2.24, 2.45) is 5.10 Å². The molecule has 0 atom stereocenters. The molecule has 0 bridgehead atoms. The van der Waals surface area contributed by atoms with Crippen LogP contribution in [0.25, 0.3) is 0 Å². The summed E-state index contributed by atoms with van der Waals surface area (Å²) in [5.74, 6) is -0.389. The Morgan fingerprint density at radius 1 is 1.15 bits per heavy atom. The Bertz CT molecular complexity index is 937. The molecular weight excluding hydrogens is 483 g/mol. The van der Waals surface area contributed by atoms with Crippen LogP contribution < -0.4 is 5.43 Å². The third-order valence-corrected chi connectivity index (χ3v) is 4.80. The lowest BCUT2D eigenvalue weighted by Crippen LogP contribution is -2.19. The van der Waals surface area contributed by atoms with Crippen molar-refractivity contribution in [3.05, 3.63) is 85.5 Å². The molecule has 5 nitrogen and oxygen atoms in total. The number of hydrazone groups is 1. The zero-order chi connectivity index (χ0) is 18.5. The molecule has 0 fully saturated rings. The standard InChI is InChI=1S/C18H13Br2ClN4O/c19-14-5-1-12(2-6-14)9-22-23-18(26)17-16(20)11-25(24-17)10-13-3-7-15(21)8-4-13/h1-9,11H,10H2,(H,23,26)/b22-9-. The summed E-state index contributed by atoms with van der Waals surface area (Å²) in [4.78, 5) is 12.3. The third-order valence-electron chi connectivity index (χ3n) is 3.44. The Hall–Kier alpha value is -1.96. The molecule has 1 amide bonds. The molecule has 0 aliphatic carbocycles. The predicted molar refractivity (Wildman–Crippen MR) is 110 cm³/mol. The van der Waals surface area contributed by atoms with Gasteiger partial charge in [-0.15, -0.1) is 0 Å². The Balaban J connectivity index is 1.65. The number of aromatic nitrogens is 2. The molecule has 0 saturated heterocycles. The van der Waals surface area contributed by atoms with Crippen molar-refractivity contribution in [3.63, 3.8) is 0 Å². The van der Waals surface area contributed by atoms with Crippen LogP contribution in [0, 0.1) is 0 Å². The summed E-state index contributed by atoms with van der Waals surface area (Å²) < 4.78 is 3.26.